The number of aliphatic carboxylic acids is 1. The third kappa shape index (κ3) is 3.49. The molecule has 5 nitrogen and oxygen atoms in total. The van der Waals surface area contributed by atoms with E-state index in [2.05, 4.69) is 0 Å². The molecule has 1 saturated heterocycles. The minimum absolute atomic E-state index is 0.175. The van der Waals surface area contributed by atoms with Crippen LogP contribution in [-0.4, -0.2) is 28.2 Å². The van der Waals surface area contributed by atoms with Crippen molar-refractivity contribution in [2.75, 3.05) is 7.11 Å². The molecule has 0 radical (unpaired) electrons. The van der Waals surface area contributed by atoms with Crippen molar-refractivity contribution >= 4 is 46.3 Å². The summed E-state index contributed by atoms with van der Waals surface area (Å²) in [4.78, 5) is 26.0. The van der Waals surface area contributed by atoms with E-state index in [0.29, 0.717) is 21.8 Å². The zero-order valence-electron chi connectivity index (χ0n) is 13.7. The number of ether oxygens (including phenoxy) is 1. The number of thiocarbonyl (C=S) groups is 1. The van der Waals surface area contributed by atoms with Gasteiger partial charge in [-0.3, -0.25) is 9.69 Å². The normalized spacial score (nSPS) is 16.8. The van der Waals surface area contributed by atoms with Gasteiger partial charge in [0.25, 0.3) is 5.91 Å². The zero-order valence-corrected chi connectivity index (χ0v) is 15.4. The number of hydrogen-bond acceptors (Lipinski definition) is 6. The number of carboxylic acid groups (broad SMARTS) is 1. The van der Waals surface area contributed by atoms with Crippen molar-refractivity contribution < 1.29 is 19.4 Å². The average Bonchev–Trinajstić information content (AvgIpc) is 2.91. The van der Waals surface area contributed by atoms with E-state index in [0.717, 1.165) is 16.7 Å². The molecule has 1 aliphatic rings. The lowest BCUT2D eigenvalue weighted by Gasteiger charge is -2.27. The minimum atomic E-state index is -1.38. The summed E-state index contributed by atoms with van der Waals surface area (Å²) in [6.45, 7) is 0. The molecule has 7 heteroatoms. The van der Waals surface area contributed by atoms with Crippen LogP contribution in [0.3, 0.4) is 0 Å². The molecule has 0 unspecified atom stereocenters. The van der Waals surface area contributed by atoms with Crippen LogP contribution in [0.25, 0.3) is 6.08 Å². The predicted molar refractivity (Wildman–Crippen MR) is 102 cm³/mol. The van der Waals surface area contributed by atoms with E-state index in [-0.39, 0.29) is 4.32 Å². The van der Waals surface area contributed by atoms with Gasteiger partial charge in [0.1, 0.15) is 16.1 Å². The second-order valence-electron chi connectivity index (χ2n) is 5.43. The molecule has 1 amide bonds. The molecular weight excluding hydrogens is 370 g/mol. The first kappa shape index (κ1) is 18.2. The maximum absolute atomic E-state index is 12.9. The summed E-state index contributed by atoms with van der Waals surface area (Å²) in [7, 11) is 1.54. The molecular formula is C19H14NO4S2-. The molecule has 1 fully saturated rings. The van der Waals surface area contributed by atoms with Gasteiger partial charge in [-0.15, -0.1) is 0 Å². The lowest BCUT2D eigenvalue weighted by atomic mass is 10.1. The number of carbonyl (C=O) groups is 2. The van der Waals surface area contributed by atoms with Gasteiger partial charge < -0.3 is 14.6 Å². The van der Waals surface area contributed by atoms with Crippen LogP contribution in [0.15, 0.2) is 59.5 Å². The number of carbonyl (C=O) groups excluding carboxylic acids is 2. The topological polar surface area (TPSA) is 69.7 Å². The molecule has 26 heavy (non-hydrogen) atoms. The third-order valence-corrected chi connectivity index (χ3v) is 5.18. The number of carboxylic acids is 1. The molecule has 1 heterocycles. The van der Waals surface area contributed by atoms with Crippen LogP contribution in [0.1, 0.15) is 17.2 Å². The molecule has 3 rings (SSSR count). The highest BCUT2D eigenvalue weighted by atomic mass is 32.2. The summed E-state index contributed by atoms with van der Waals surface area (Å²) in [5.41, 5.74) is 1.14. The number of hydrogen-bond donors (Lipinski definition) is 0. The second-order valence-corrected chi connectivity index (χ2v) is 7.10. The van der Waals surface area contributed by atoms with E-state index in [1.165, 1.54) is 0 Å². The molecule has 2 aromatic rings. The fourth-order valence-corrected chi connectivity index (χ4v) is 3.96. The second kappa shape index (κ2) is 7.72. The standard InChI is InChI=1S/C19H15NO4S2/c1-24-14-10-6-5-9-13(14)11-15-17(21)20(19(25)26-15)16(18(22)23)12-7-3-2-4-8-12/h2-11,16H,1H3,(H,22,23)/p-1/b15-11-/t16-/m1/s1. The van der Waals surface area contributed by atoms with Crippen LogP contribution in [0, 0.1) is 0 Å². The lowest BCUT2D eigenvalue weighted by molar-refractivity contribution is -0.310. The molecule has 0 saturated carbocycles. The molecule has 2 aromatic carbocycles. The minimum Gasteiger partial charge on any atom is -0.547 e. The predicted octanol–water partition coefficient (Wildman–Crippen LogP) is 2.39. The fourth-order valence-electron chi connectivity index (χ4n) is 2.66. The van der Waals surface area contributed by atoms with Crippen LogP contribution < -0.4 is 9.84 Å². The number of benzene rings is 2. The van der Waals surface area contributed by atoms with Gasteiger partial charge in [0, 0.05) is 5.56 Å². The Morgan fingerprint density at radius 1 is 1.19 bits per heavy atom. The van der Waals surface area contributed by atoms with Gasteiger partial charge in [-0.05, 0) is 17.7 Å². The SMILES string of the molecule is COc1ccccc1/C=C1\SC(=S)N([C@@H](C(=O)[O-])c2ccccc2)C1=O. The molecule has 0 aromatic heterocycles. The highest BCUT2D eigenvalue weighted by Crippen LogP contribution is 2.38. The van der Waals surface area contributed by atoms with Crippen molar-refractivity contribution in [2.45, 2.75) is 6.04 Å². The largest absolute Gasteiger partial charge is 0.547 e. The summed E-state index contributed by atoms with van der Waals surface area (Å²) in [5, 5.41) is 11.7. The van der Waals surface area contributed by atoms with E-state index < -0.39 is 17.9 Å². The summed E-state index contributed by atoms with van der Waals surface area (Å²) in [6, 6.07) is 14.4. The van der Waals surface area contributed by atoms with Crippen molar-refractivity contribution in [3.8, 4) is 5.75 Å². The first-order valence-corrected chi connectivity index (χ1v) is 8.91. The lowest BCUT2D eigenvalue weighted by Crippen LogP contribution is -2.43. The van der Waals surface area contributed by atoms with E-state index in [9.17, 15) is 14.7 Å². The Morgan fingerprint density at radius 3 is 2.50 bits per heavy atom. The average molecular weight is 384 g/mol. The van der Waals surface area contributed by atoms with Crippen molar-refractivity contribution in [1.29, 1.82) is 0 Å². The van der Waals surface area contributed by atoms with Gasteiger partial charge in [-0.1, -0.05) is 72.5 Å². The van der Waals surface area contributed by atoms with E-state index in [1.54, 1.807) is 55.7 Å². The zero-order chi connectivity index (χ0) is 18.7. The highest BCUT2D eigenvalue weighted by Gasteiger charge is 2.38. The molecule has 0 N–H and O–H groups in total. The van der Waals surface area contributed by atoms with Crippen LogP contribution >= 0.6 is 24.0 Å². The van der Waals surface area contributed by atoms with Gasteiger partial charge in [0.05, 0.1) is 18.0 Å². The van der Waals surface area contributed by atoms with E-state index in [1.807, 2.05) is 12.1 Å². The quantitative estimate of drug-likeness (QED) is 0.582. The Bertz CT molecular complexity index is 895. The van der Waals surface area contributed by atoms with Crippen molar-refractivity contribution in [2.24, 2.45) is 0 Å². The summed E-state index contributed by atoms with van der Waals surface area (Å²) < 4.78 is 5.46. The van der Waals surface area contributed by atoms with Gasteiger partial charge in [0.2, 0.25) is 0 Å². The number of methoxy groups -OCH3 is 1. The number of nitrogens with zero attached hydrogens (tertiary/aromatic N) is 1. The summed E-state index contributed by atoms with van der Waals surface area (Å²) in [6.07, 6.45) is 1.65. The number of amides is 1. The first-order chi connectivity index (χ1) is 12.5. The Morgan fingerprint density at radius 2 is 1.85 bits per heavy atom. The maximum atomic E-state index is 12.9. The smallest absolute Gasteiger partial charge is 0.267 e. The van der Waals surface area contributed by atoms with Gasteiger partial charge in [0.15, 0.2) is 0 Å². The Hall–Kier alpha value is -2.64. The van der Waals surface area contributed by atoms with Gasteiger partial charge in [-0.2, -0.15) is 0 Å². The first-order valence-electron chi connectivity index (χ1n) is 7.69. The van der Waals surface area contributed by atoms with Crippen LogP contribution in [-0.2, 0) is 9.59 Å². The van der Waals surface area contributed by atoms with Gasteiger partial charge >= 0.3 is 0 Å². The van der Waals surface area contributed by atoms with E-state index in [4.69, 9.17) is 17.0 Å². The molecule has 1 atom stereocenters. The Labute approximate surface area is 160 Å². The van der Waals surface area contributed by atoms with E-state index >= 15 is 0 Å². The third-order valence-electron chi connectivity index (χ3n) is 3.85. The Balaban J connectivity index is 1.98. The monoisotopic (exact) mass is 384 g/mol. The molecule has 132 valence electrons. The van der Waals surface area contributed by atoms with Crippen LogP contribution in [0.5, 0.6) is 5.75 Å². The molecule has 0 aliphatic carbocycles. The number of para-hydroxylation sites is 1. The fraction of sp³-hybridized carbons (Fsp3) is 0.105. The summed E-state index contributed by atoms with van der Waals surface area (Å²) >= 11 is 6.33. The van der Waals surface area contributed by atoms with Crippen molar-refractivity contribution in [3.63, 3.8) is 0 Å². The molecule has 1 aliphatic heterocycles. The highest BCUT2D eigenvalue weighted by molar-refractivity contribution is 8.26. The van der Waals surface area contributed by atoms with Gasteiger partial charge in [-0.25, -0.2) is 0 Å². The van der Waals surface area contributed by atoms with Crippen molar-refractivity contribution in [1.82, 2.24) is 4.90 Å². The van der Waals surface area contributed by atoms with Crippen molar-refractivity contribution in [3.05, 3.63) is 70.6 Å². The maximum Gasteiger partial charge on any atom is 0.267 e. The van der Waals surface area contributed by atoms with Crippen LogP contribution in [0.4, 0.5) is 0 Å². The molecule has 0 spiro atoms. The van der Waals surface area contributed by atoms with Crippen LogP contribution in [0.2, 0.25) is 0 Å². The summed E-state index contributed by atoms with van der Waals surface area (Å²) in [5.74, 6) is -1.24. The Kier molecular flexibility index (Phi) is 5.39. The number of thioether (sulfide) groups is 1. The number of rotatable bonds is 5. The molecule has 0 bridgehead atoms.